The van der Waals surface area contributed by atoms with Gasteiger partial charge >= 0.3 is 5.97 Å². The fourth-order valence-corrected chi connectivity index (χ4v) is 5.48. The van der Waals surface area contributed by atoms with Crippen LogP contribution in [0.25, 0.3) is 17.5 Å². The first-order valence-corrected chi connectivity index (χ1v) is 14.0. The quantitative estimate of drug-likeness (QED) is 0.162. The lowest BCUT2D eigenvalue weighted by Crippen LogP contribution is -2.33. The van der Waals surface area contributed by atoms with Crippen LogP contribution in [0, 0.1) is 6.92 Å². The number of carbonyl (C=O) groups is 2. The van der Waals surface area contributed by atoms with Crippen molar-refractivity contribution in [3.8, 4) is 23.0 Å². The molecule has 1 aliphatic heterocycles. The number of nitrogens with zero attached hydrogens (tertiary/aromatic N) is 2. The van der Waals surface area contributed by atoms with Gasteiger partial charge < -0.3 is 19.0 Å². The van der Waals surface area contributed by atoms with Gasteiger partial charge in [-0.15, -0.1) is 0 Å². The van der Waals surface area contributed by atoms with Gasteiger partial charge in [-0.3, -0.25) is 14.5 Å². The minimum atomic E-state index is -1.14. The molecule has 0 radical (unpaired) electrons. The van der Waals surface area contributed by atoms with Gasteiger partial charge in [0.25, 0.3) is 5.91 Å². The standard InChI is InChI=1S/C31H26N2O6S2/c1-19(28-20(2)39-29(32-28)22-11-7-4-8-12-22)38-24-14-13-23(25(16-24)37-18-21-9-5-3-6-10-21)15-26-30(36)33(17-27(34)35)31(40)41-26/h3-16,19H,17-18H2,1-2H3,(H,34,35)/b26-15+. The van der Waals surface area contributed by atoms with Gasteiger partial charge in [0, 0.05) is 17.2 Å². The molecule has 208 valence electrons. The molecular weight excluding hydrogens is 560 g/mol. The van der Waals surface area contributed by atoms with Crippen LogP contribution in [-0.4, -0.2) is 37.7 Å². The number of oxazole rings is 1. The number of carboxylic acids is 1. The van der Waals surface area contributed by atoms with Crippen molar-refractivity contribution in [2.75, 3.05) is 6.54 Å². The van der Waals surface area contributed by atoms with Crippen molar-refractivity contribution in [3.05, 3.63) is 106 Å². The largest absolute Gasteiger partial charge is 0.488 e. The Morgan fingerprint density at radius 2 is 1.83 bits per heavy atom. The molecule has 1 atom stereocenters. The number of carboxylic acid groups (broad SMARTS) is 1. The highest BCUT2D eigenvalue weighted by atomic mass is 32.2. The topological polar surface area (TPSA) is 102 Å². The average molecular weight is 587 g/mol. The molecule has 5 rings (SSSR count). The summed E-state index contributed by atoms with van der Waals surface area (Å²) in [5.74, 6) is 0.626. The number of hydrogen-bond acceptors (Lipinski definition) is 8. The predicted molar refractivity (Wildman–Crippen MR) is 160 cm³/mol. The number of carbonyl (C=O) groups excluding carboxylic acids is 1. The summed E-state index contributed by atoms with van der Waals surface area (Å²) < 4.78 is 18.5. The number of rotatable bonds is 10. The lowest BCUT2D eigenvalue weighted by molar-refractivity contribution is -0.140. The Bertz CT molecular complexity index is 1620. The van der Waals surface area contributed by atoms with Crippen molar-refractivity contribution in [3.63, 3.8) is 0 Å². The molecular formula is C31H26N2O6S2. The van der Waals surface area contributed by atoms with Gasteiger partial charge in [-0.05, 0) is 49.8 Å². The SMILES string of the molecule is Cc1oc(-c2ccccc2)nc1C(C)Oc1ccc(/C=C2/SC(=S)N(CC(=O)O)C2=O)c(OCc2ccccc2)c1. The molecule has 1 aromatic heterocycles. The smallest absolute Gasteiger partial charge is 0.323 e. The third kappa shape index (κ3) is 6.67. The van der Waals surface area contributed by atoms with Crippen LogP contribution in [0.15, 0.2) is 88.2 Å². The summed E-state index contributed by atoms with van der Waals surface area (Å²) in [5.41, 5.74) is 3.16. The van der Waals surface area contributed by atoms with Crippen molar-refractivity contribution in [1.29, 1.82) is 0 Å². The lowest BCUT2D eigenvalue weighted by Gasteiger charge is -2.16. The summed E-state index contributed by atoms with van der Waals surface area (Å²) >= 11 is 6.29. The third-order valence-corrected chi connectivity index (χ3v) is 7.60. The third-order valence-electron chi connectivity index (χ3n) is 6.23. The first-order chi connectivity index (χ1) is 19.8. The van der Waals surface area contributed by atoms with E-state index in [-0.39, 0.29) is 4.32 Å². The zero-order valence-electron chi connectivity index (χ0n) is 22.3. The number of thioether (sulfide) groups is 1. The van der Waals surface area contributed by atoms with Crippen molar-refractivity contribution in [1.82, 2.24) is 9.88 Å². The molecule has 0 spiro atoms. The monoisotopic (exact) mass is 586 g/mol. The Labute approximate surface area is 246 Å². The Morgan fingerprint density at radius 1 is 1.12 bits per heavy atom. The van der Waals surface area contributed by atoms with Gasteiger partial charge in [0.15, 0.2) is 0 Å². The van der Waals surface area contributed by atoms with E-state index in [0.717, 1.165) is 27.8 Å². The van der Waals surface area contributed by atoms with E-state index in [1.165, 1.54) is 0 Å². The van der Waals surface area contributed by atoms with Gasteiger partial charge in [0.2, 0.25) is 5.89 Å². The van der Waals surface area contributed by atoms with E-state index in [1.807, 2.05) is 74.5 Å². The molecule has 3 aromatic carbocycles. The number of thiocarbonyl (C=S) groups is 1. The van der Waals surface area contributed by atoms with Crippen LogP contribution in [0.4, 0.5) is 0 Å². The maximum Gasteiger partial charge on any atom is 0.323 e. The summed E-state index contributed by atoms with van der Waals surface area (Å²) in [6.07, 6.45) is 1.24. The predicted octanol–water partition coefficient (Wildman–Crippen LogP) is 6.65. The number of ether oxygens (including phenoxy) is 2. The summed E-state index contributed by atoms with van der Waals surface area (Å²) in [6, 6.07) is 24.7. The highest BCUT2D eigenvalue weighted by Crippen LogP contribution is 2.36. The molecule has 10 heteroatoms. The van der Waals surface area contributed by atoms with Crippen LogP contribution in [0.1, 0.15) is 35.6 Å². The number of amides is 1. The molecule has 1 unspecified atom stereocenters. The highest BCUT2D eigenvalue weighted by Gasteiger charge is 2.33. The maximum atomic E-state index is 12.9. The molecule has 0 saturated carbocycles. The van der Waals surface area contributed by atoms with Crippen LogP contribution in [-0.2, 0) is 16.2 Å². The average Bonchev–Trinajstić information content (AvgIpc) is 3.48. The molecule has 1 N–H and O–H groups in total. The summed E-state index contributed by atoms with van der Waals surface area (Å²) in [5, 5.41) is 9.14. The van der Waals surface area contributed by atoms with E-state index in [0.29, 0.717) is 45.9 Å². The Kier molecular flexibility index (Phi) is 8.51. The van der Waals surface area contributed by atoms with Crippen molar-refractivity contribution in [2.45, 2.75) is 26.6 Å². The van der Waals surface area contributed by atoms with Crippen LogP contribution in [0.5, 0.6) is 11.5 Å². The zero-order chi connectivity index (χ0) is 28.9. The van der Waals surface area contributed by atoms with Gasteiger partial charge in [-0.2, -0.15) is 0 Å². The molecule has 0 aliphatic carbocycles. The Hall–Kier alpha value is -4.41. The number of aliphatic carboxylic acids is 1. The zero-order valence-corrected chi connectivity index (χ0v) is 23.9. The minimum absolute atomic E-state index is 0.196. The maximum absolute atomic E-state index is 12.9. The van der Waals surface area contributed by atoms with E-state index >= 15 is 0 Å². The first-order valence-electron chi connectivity index (χ1n) is 12.8. The fraction of sp³-hybridized carbons (Fsp3) is 0.161. The number of benzene rings is 3. The number of aryl methyl sites for hydroxylation is 1. The molecule has 4 aromatic rings. The van der Waals surface area contributed by atoms with Crippen LogP contribution < -0.4 is 9.47 Å². The Morgan fingerprint density at radius 3 is 2.54 bits per heavy atom. The van der Waals surface area contributed by atoms with Crippen LogP contribution >= 0.6 is 24.0 Å². The number of aromatic nitrogens is 1. The fourth-order valence-electron chi connectivity index (χ4n) is 4.23. The van der Waals surface area contributed by atoms with Gasteiger partial charge in [-0.1, -0.05) is 72.5 Å². The van der Waals surface area contributed by atoms with Gasteiger partial charge in [-0.25, -0.2) is 4.98 Å². The molecule has 0 bridgehead atoms. The van der Waals surface area contributed by atoms with E-state index in [4.69, 9.17) is 31.2 Å². The van der Waals surface area contributed by atoms with E-state index in [9.17, 15) is 9.59 Å². The number of hydrogen-bond donors (Lipinski definition) is 1. The Balaban J connectivity index is 1.41. The molecule has 1 amide bonds. The first kappa shape index (κ1) is 28.1. The summed E-state index contributed by atoms with van der Waals surface area (Å²) in [7, 11) is 0. The lowest BCUT2D eigenvalue weighted by atomic mass is 10.1. The molecule has 41 heavy (non-hydrogen) atoms. The van der Waals surface area contributed by atoms with E-state index < -0.39 is 24.5 Å². The second kappa shape index (κ2) is 12.4. The summed E-state index contributed by atoms with van der Waals surface area (Å²) in [4.78, 5) is 30.1. The minimum Gasteiger partial charge on any atom is -0.488 e. The normalized spacial score (nSPS) is 14.9. The van der Waals surface area contributed by atoms with Gasteiger partial charge in [0.1, 0.15) is 46.5 Å². The van der Waals surface area contributed by atoms with Crippen molar-refractivity contribution in [2.24, 2.45) is 0 Å². The molecule has 1 saturated heterocycles. The van der Waals surface area contributed by atoms with E-state index in [1.54, 1.807) is 24.3 Å². The molecule has 2 heterocycles. The molecule has 1 fully saturated rings. The second-order valence-corrected chi connectivity index (χ2v) is 10.9. The second-order valence-electron chi connectivity index (χ2n) is 9.22. The van der Waals surface area contributed by atoms with Crippen LogP contribution in [0.3, 0.4) is 0 Å². The summed E-state index contributed by atoms with van der Waals surface area (Å²) in [6.45, 7) is 3.56. The molecule has 1 aliphatic rings. The van der Waals surface area contributed by atoms with Crippen molar-refractivity contribution < 1.29 is 28.6 Å². The highest BCUT2D eigenvalue weighted by molar-refractivity contribution is 8.26. The van der Waals surface area contributed by atoms with Gasteiger partial charge in [0.05, 0.1) is 4.91 Å². The van der Waals surface area contributed by atoms with E-state index in [2.05, 4.69) is 4.98 Å². The van der Waals surface area contributed by atoms with Crippen LogP contribution in [0.2, 0.25) is 0 Å². The molecule has 8 nitrogen and oxygen atoms in total. The van der Waals surface area contributed by atoms with Crippen molar-refractivity contribution >= 4 is 46.3 Å².